The van der Waals surface area contributed by atoms with Gasteiger partial charge in [0.15, 0.2) is 0 Å². The molecule has 2 aromatic rings. The lowest BCUT2D eigenvalue weighted by molar-refractivity contribution is 0.173. The van der Waals surface area contributed by atoms with Crippen molar-refractivity contribution in [2.75, 3.05) is 0 Å². The van der Waals surface area contributed by atoms with Gasteiger partial charge in [0.1, 0.15) is 11.5 Å². The van der Waals surface area contributed by atoms with E-state index in [1.807, 2.05) is 43.3 Å². The van der Waals surface area contributed by atoms with E-state index >= 15 is 0 Å². The Balaban J connectivity index is 2.10. The molecule has 0 saturated heterocycles. The first kappa shape index (κ1) is 13.6. The molecule has 0 aliphatic rings. The number of aliphatic hydroxyl groups is 1. The van der Waals surface area contributed by atoms with Crippen molar-refractivity contribution in [3.05, 3.63) is 59.7 Å². The average molecular weight is 256 g/mol. The van der Waals surface area contributed by atoms with Crippen LogP contribution in [0.25, 0.3) is 0 Å². The van der Waals surface area contributed by atoms with E-state index in [2.05, 4.69) is 19.1 Å². The Hall–Kier alpha value is -1.80. The summed E-state index contributed by atoms with van der Waals surface area (Å²) in [4.78, 5) is 0. The van der Waals surface area contributed by atoms with Gasteiger partial charge in [0.2, 0.25) is 0 Å². The zero-order valence-corrected chi connectivity index (χ0v) is 11.5. The summed E-state index contributed by atoms with van der Waals surface area (Å²) < 4.78 is 5.81. The molecule has 0 heterocycles. The normalized spacial score (nSPS) is 12.2. The zero-order chi connectivity index (χ0) is 13.7. The fourth-order valence-electron chi connectivity index (χ4n) is 1.96. The molecule has 0 spiro atoms. The predicted molar refractivity (Wildman–Crippen MR) is 77.6 cm³/mol. The van der Waals surface area contributed by atoms with Gasteiger partial charge >= 0.3 is 0 Å². The lowest BCUT2D eigenvalue weighted by atomic mass is 10.1. The minimum Gasteiger partial charge on any atom is -0.457 e. The molecule has 1 N–H and O–H groups in total. The molecule has 2 heteroatoms. The first-order chi connectivity index (χ1) is 9.22. The van der Waals surface area contributed by atoms with Crippen LogP contribution in [0.2, 0.25) is 0 Å². The van der Waals surface area contributed by atoms with Crippen LogP contribution in [-0.4, -0.2) is 5.11 Å². The molecule has 2 aromatic carbocycles. The minimum absolute atomic E-state index is 0.391. The van der Waals surface area contributed by atoms with E-state index in [0.29, 0.717) is 0 Å². The summed E-state index contributed by atoms with van der Waals surface area (Å²) in [6.45, 7) is 4.09. The van der Waals surface area contributed by atoms with Gasteiger partial charge in [-0.15, -0.1) is 0 Å². The molecule has 0 unspecified atom stereocenters. The van der Waals surface area contributed by atoms with E-state index in [9.17, 15) is 5.11 Å². The Bertz CT molecular complexity index is 517. The summed E-state index contributed by atoms with van der Waals surface area (Å²) >= 11 is 0. The Morgan fingerprint density at radius 3 is 2.37 bits per heavy atom. The van der Waals surface area contributed by atoms with Gasteiger partial charge in [-0.25, -0.2) is 0 Å². The van der Waals surface area contributed by atoms with Gasteiger partial charge in [-0.1, -0.05) is 38.1 Å². The Morgan fingerprint density at radius 1 is 1.00 bits per heavy atom. The second-order valence-electron chi connectivity index (χ2n) is 4.60. The zero-order valence-electron chi connectivity index (χ0n) is 11.5. The van der Waals surface area contributed by atoms with Crippen molar-refractivity contribution in [3.8, 4) is 11.5 Å². The van der Waals surface area contributed by atoms with Crippen molar-refractivity contribution in [1.29, 1.82) is 0 Å². The molecular weight excluding hydrogens is 236 g/mol. The van der Waals surface area contributed by atoms with Gasteiger partial charge in [0.05, 0.1) is 6.10 Å². The van der Waals surface area contributed by atoms with Gasteiger partial charge in [-0.2, -0.15) is 0 Å². The molecule has 2 nitrogen and oxygen atoms in total. The van der Waals surface area contributed by atoms with Crippen LogP contribution < -0.4 is 4.74 Å². The van der Waals surface area contributed by atoms with Crippen molar-refractivity contribution in [3.63, 3.8) is 0 Å². The lowest BCUT2D eigenvalue weighted by Gasteiger charge is -2.10. The van der Waals surface area contributed by atoms with Crippen molar-refractivity contribution >= 4 is 0 Å². The second kappa shape index (κ2) is 6.39. The highest BCUT2D eigenvalue weighted by atomic mass is 16.5. The molecule has 100 valence electrons. The van der Waals surface area contributed by atoms with E-state index in [0.717, 1.165) is 29.9 Å². The number of aryl methyl sites for hydroxylation is 1. The van der Waals surface area contributed by atoms with Crippen LogP contribution in [0.1, 0.15) is 37.5 Å². The van der Waals surface area contributed by atoms with Crippen LogP contribution in [0.4, 0.5) is 0 Å². The molecular formula is C17H20O2. The average Bonchev–Trinajstić information content (AvgIpc) is 2.47. The monoisotopic (exact) mass is 256 g/mol. The van der Waals surface area contributed by atoms with E-state index < -0.39 is 6.10 Å². The fourth-order valence-corrected chi connectivity index (χ4v) is 1.96. The smallest absolute Gasteiger partial charge is 0.127 e. The topological polar surface area (TPSA) is 29.5 Å². The summed E-state index contributed by atoms with van der Waals surface area (Å²) in [5.41, 5.74) is 2.19. The van der Waals surface area contributed by atoms with Gasteiger partial charge < -0.3 is 9.84 Å². The second-order valence-corrected chi connectivity index (χ2v) is 4.60. The number of rotatable bonds is 5. The molecule has 0 amide bonds. The highest BCUT2D eigenvalue weighted by Gasteiger charge is 2.05. The number of hydrogen-bond acceptors (Lipinski definition) is 2. The predicted octanol–water partition coefficient (Wildman–Crippen LogP) is 4.48. The summed E-state index contributed by atoms with van der Waals surface area (Å²) in [7, 11) is 0. The third-order valence-electron chi connectivity index (χ3n) is 3.19. The van der Waals surface area contributed by atoms with Crippen molar-refractivity contribution in [2.24, 2.45) is 0 Å². The number of aliphatic hydroxyl groups excluding tert-OH is 1. The molecule has 0 aliphatic carbocycles. The van der Waals surface area contributed by atoms with Crippen LogP contribution in [-0.2, 0) is 6.42 Å². The van der Waals surface area contributed by atoms with E-state index in [1.54, 1.807) is 0 Å². The van der Waals surface area contributed by atoms with Crippen molar-refractivity contribution < 1.29 is 9.84 Å². The quantitative estimate of drug-likeness (QED) is 0.854. The fraction of sp³-hybridized carbons (Fsp3) is 0.294. The SMILES string of the molecule is CCc1cccc(Oc2ccc([C@@H](O)CC)cc2)c1. The summed E-state index contributed by atoms with van der Waals surface area (Å²) in [5, 5.41) is 9.74. The first-order valence-electron chi connectivity index (χ1n) is 6.77. The van der Waals surface area contributed by atoms with Gasteiger partial charge in [0.25, 0.3) is 0 Å². The first-order valence-corrected chi connectivity index (χ1v) is 6.77. The van der Waals surface area contributed by atoms with E-state index in [-0.39, 0.29) is 0 Å². The van der Waals surface area contributed by atoms with Crippen LogP contribution in [0.3, 0.4) is 0 Å². The highest BCUT2D eigenvalue weighted by molar-refractivity contribution is 5.35. The molecule has 1 atom stereocenters. The van der Waals surface area contributed by atoms with Gasteiger partial charge in [-0.05, 0) is 48.2 Å². The summed E-state index contributed by atoms with van der Waals surface area (Å²) in [5.74, 6) is 1.64. The third kappa shape index (κ3) is 3.58. The van der Waals surface area contributed by atoms with E-state index in [1.165, 1.54) is 5.56 Å². The van der Waals surface area contributed by atoms with Gasteiger partial charge in [-0.3, -0.25) is 0 Å². The molecule has 0 saturated carbocycles. The number of ether oxygens (including phenoxy) is 1. The molecule has 0 radical (unpaired) electrons. The van der Waals surface area contributed by atoms with Crippen molar-refractivity contribution in [1.82, 2.24) is 0 Å². The van der Waals surface area contributed by atoms with Crippen LogP contribution >= 0.6 is 0 Å². The minimum atomic E-state index is -0.391. The lowest BCUT2D eigenvalue weighted by Crippen LogP contribution is -1.94. The number of benzene rings is 2. The Labute approximate surface area is 114 Å². The number of hydrogen-bond donors (Lipinski definition) is 1. The molecule has 0 aromatic heterocycles. The van der Waals surface area contributed by atoms with E-state index in [4.69, 9.17) is 4.74 Å². The van der Waals surface area contributed by atoms with Crippen LogP contribution in [0.15, 0.2) is 48.5 Å². The maximum atomic E-state index is 9.74. The van der Waals surface area contributed by atoms with Crippen LogP contribution in [0.5, 0.6) is 11.5 Å². The maximum Gasteiger partial charge on any atom is 0.127 e. The van der Waals surface area contributed by atoms with Crippen molar-refractivity contribution in [2.45, 2.75) is 32.8 Å². The largest absolute Gasteiger partial charge is 0.457 e. The molecule has 0 bridgehead atoms. The summed E-state index contributed by atoms with van der Waals surface area (Å²) in [6, 6.07) is 15.7. The standard InChI is InChI=1S/C17H20O2/c1-3-13-6-5-7-16(12-13)19-15-10-8-14(9-11-15)17(18)4-2/h5-12,17-18H,3-4H2,1-2H3/t17-/m0/s1. The Kier molecular flexibility index (Phi) is 4.58. The molecule has 19 heavy (non-hydrogen) atoms. The molecule has 0 fully saturated rings. The van der Waals surface area contributed by atoms with Crippen LogP contribution in [0, 0.1) is 0 Å². The molecule has 2 rings (SSSR count). The Morgan fingerprint density at radius 2 is 1.74 bits per heavy atom. The highest BCUT2D eigenvalue weighted by Crippen LogP contribution is 2.25. The van der Waals surface area contributed by atoms with Gasteiger partial charge in [0, 0.05) is 0 Å². The molecule has 0 aliphatic heterocycles. The maximum absolute atomic E-state index is 9.74. The summed E-state index contributed by atoms with van der Waals surface area (Å²) in [6.07, 6.45) is 1.33. The third-order valence-corrected chi connectivity index (χ3v) is 3.19.